The molecule has 1 N–H and O–H groups in total. The molecular weight excluding hydrogens is 319 g/mol. The van der Waals surface area contributed by atoms with E-state index >= 15 is 0 Å². The Hall–Kier alpha value is -0.770. The number of hydrogen-bond donors (Lipinski definition) is 1. The number of fused-ring (bicyclic) bond motifs is 3. The quantitative estimate of drug-likeness (QED) is 0.892. The van der Waals surface area contributed by atoms with E-state index in [0.29, 0.717) is 24.4 Å². The van der Waals surface area contributed by atoms with Crippen LogP contribution in [0.3, 0.4) is 0 Å². The zero-order valence-electron chi connectivity index (χ0n) is 12.6. The van der Waals surface area contributed by atoms with Crippen molar-refractivity contribution in [2.75, 3.05) is 11.4 Å². The summed E-state index contributed by atoms with van der Waals surface area (Å²) in [4.78, 5) is 14.6. The van der Waals surface area contributed by atoms with Crippen LogP contribution in [0.1, 0.15) is 37.7 Å². The van der Waals surface area contributed by atoms with E-state index in [2.05, 4.69) is 5.32 Å². The van der Waals surface area contributed by atoms with Crippen LogP contribution in [0.25, 0.3) is 0 Å². The number of rotatable bonds is 2. The maximum Gasteiger partial charge on any atom is 0.227 e. The van der Waals surface area contributed by atoms with Gasteiger partial charge in [0.05, 0.1) is 0 Å². The fraction of sp³-hybridized carbons (Fsp3) is 0.588. The Labute approximate surface area is 142 Å². The van der Waals surface area contributed by atoms with Gasteiger partial charge in [-0.15, -0.1) is 12.4 Å². The van der Waals surface area contributed by atoms with E-state index in [1.165, 1.54) is 25.7 Å². The normalized spacial score (nSPS) is 29.1. The third kappa shape index (κ3) is 2.86. The summed E-state index contributed by atoms with van der Waals surface area (Å²) in [5, 5.41) is 4.44. The topological polar surface area (TPSA) is 32.3 Å². The first kappa shape index (κ1) is 16.1. The van der Waals surface area contributed by atoms with E-state index in [9.17, 15) is 4.79 Å². The number of amides is 1. The van der Waals surface area contributed by atoms with Crippen molar-refractivity contribution in [2.45, 2.75) is 50.6 Å². The molecule has 2 unspecified atom stereocenters. The first-order chi connectivity index (χ1) is 10.2. The molecule has 3 heterocycles. The van der Waals surface area contributed by atoms with Gasteiger partial charge in [0.1, 0.15) is 0 Å². The molecule has 0 radical (unpaired) electrons. The number of nitrogens with one attached hydrogen (secondary N) is 1. The molecule has 1 aromatic rings. The second-order valence-electron chi connectivity index (χ2n) is 6.71. The summed E-state index contributed by atoms with van der Waals surface area (Å²) in [5.74, 6) is 0.835. The number of carbonyl (C=O) groups is 1. The molecule has 22 heavy (non-hydrogen) atoms. The summed E-state index contributed by atoms with van der Waals surface area (Å²) < 4.78 is 0. The minimum Gasteiger partial charge on any atom is -0.312 e. The van der Waals surface area contributed by atoms with Crippen molar-refractivity contribution in [2.24, 2.45) is 5.92 Å². The molecule has 3 aliphatic rings. The monoisotopic (exact) mass is 340 g/mol. The van der Waals surface area contributed by atoms with Gasteiger partial charge in [-0.3, -0.25) is 4.79 Å². The number of nitrogens with zero attached hydrogens (tertiary/aromatic N) is 1. The lowest BCUT2D eigenvalue weighted by molar-refractivity contribution is -0.119. The Kier molecular flexibility index (Phi) is 4.67. The highest BCUT2D eigenvalue weighted by Crippen LogP contribution is 2.36. The maximum atomic E-state index is 12.7. The SMILES string of the molecule is Cl.O=C(CC1CC2CCC(C1)N2)N1CCc2c(Cl)cccc21. The van der Waals surface area contributed by atoms with E-state index in [4.69, 9.17) is 11.6 Å². The molecule has 2 saturated heterocycles. The predicted molar refractivity (Wildman–Crippen MR) is 92.0 cm³/mol. The predicted octanol–water partition coefficient (Wildman–Crippen LogP) is 3.57. The number of halogens is 2. The molecule has 120 valence electrons. The molecule has 0 aliphatic carbocycles. The van der Waals surface area contributed by atoms with Gasteiger partial charge in [0.2, 0.25) is 5.91 Å². The highest BCUT2D eigenvalue weighted by atomic mass is 35.5. The van der Waals surface area contributed by atoms with E-state index in [1.807, 2.05) is 23.1 Å². The Morgan fingerprint density at radius 2 is 2.00 bits per heavy atom. The molecule has 1 aromatic carbocycles. The Morgan fingerprint density at radius 1 is 1.27 bits per heavy atom. The van der Waals surface area contributed by atoms with Gasteiger partial charge >= 0.3 is 0 Å². The van der Waals surface area contributed by atoms with Crippen LogP contribution in [-0.2, 0) is 11.2 Å². The minimum absolute atomic E-state index is 0. The smallest absolute Gasteiger partial charge is 0.227 e. The van der Waals surface area contributed by atoms with Crippen LogP contribution in [-0.4, -0.2) is 24.5 Å². The zero-order valence-corrected chi connectivity index (χ0v) is 14.1. The summed E-state index contributed by atoms with van der Waals surface area (Å²) in [5.41, 5.74) is 2.17. The fourth-order valence-corrected chi connectivity index (χ4v) is 4.61. The van der Waals surface area contributed by atoms with Crippen molar-refractivity contribution in [1.29, 1.82) is 0 Å². The minimum atomic E-state index is 0. The summed E-state index contributed by atoms with van der Waals surface area (Å²) in [6.45, 7) is 0.787. The van der Waals surface area contributed by atoms with Gasteiger partial charge in [-0.25, -0.2) is 0 Å². The lowest BCUT2D eigenvalue weighted by Gasteiger charge is -2.30. The van der Waals surface area contributed by atoms with Gasteiger partial charge in [-0.2, -0.15) is 0 Å². The van der Waals surface area contributed by atoms with Gasteiger partial charge in [0.25, 0.3) is 0 Å². The summed E-state index contributed by atoms with van der Waals surface area (Å²) in [6, 6.07) is 7.19. The molecule has 2 bridgehead atoms. The lowest BCUT2D eigenvalue weighted by atomic mass is 9.89. The largest absolute Gasteiger partial charge is 0.312 e. The fourth-order valence-electron chi connectivity index (χ4n) is 4.35. The molecule has 3 aliphatic heterocycles. The van der Waals surface area contributed by atoms with Gasteiger partial charge < -0.3 is 10.2 Å². The van der Waals surface area contributed by atoms with E-state index in [-0.39, 0.29) is 18.3 Å². The van der Waals surface area contributed by atoms with Gasteiger partial charge in [0, 0.05) is 35.8 Å². The second kappa shape index (κ2) is 6.38. The molecule has 0 saturated carbocycles. The highest BCUT2D eigenvalue weighted by Gasteiger charge is 2.35. The highest BCUT2D eigenvalue weighted by molar-refractivity contribution is 6.32. The first-order valence-corrected chi connectivity index (χ1v) is 8.42. The summed E-state index contributed by atoms with van der Waals surface area (Å²) >= 11 is 6.23. The number of carbonyl (C=O) groups excluding carboxylic acids is 1. The van der Waals surface area contributed by atoms with E-state index in [1.54, 1.807) is 0 Å². The Morgan fingerprint density at radius 3 is 2.73 bits per heavy atom. The first-order valence-electron chi connectivity index (χ1n) is 8.04. The third-order valence-corrected chi connectivity index (χ3v) is 5.66. The average molecular weight is 341 g/mol. The van der Waals surface area contributed by atoms with Crippen LogP contribution in [0, 0.1) is 5.92 Å². The molecule has 0 aromatic heterocycles. The molecule has 2 fully saturated rings. The van der Waals surface area contributed by atoms with Crippen molar-refractivity contribution in [1.82, 2.24) is 5.32 Å². The standard InChI is InChI=1S/C17H21ClN2O.ClH/c18-15-2-1-3-16-14(15)6-7-20(16)17(21)10-11-8-12-4-5-13(9-11)19-12;/h1-3,11-13,19H,4-10H2;1H. The number of hydrogen-bond acceptors (Lipinski definition) is 2. The molecule has 3 nitrogen and oxygen atoms in total. The van der Waals surface area contributed by atoms with Crippen molar-refractivity contribution in [3.8, 4) is 0 Å². The van der Waals surface area contributed by atoms with Gasteiger partial charge in [0.15, 0.2) is 0 Å². The molecule has 4 rings (SSSR count). The number of anilines is 1. The lowest BCUT2D eigenvalue weighted by Crippen LogP contribution is -2.40. The molecule has 2 atom stereocenters. The molecular formula is C17H22Cl2N2O. The van der Waals surface area contributed by atoms with Crippen LogP contribution in [0.15, 0.2) is 18.2 Å². The maximum absolute atomic E-state index is 12.7. The third-order valence-electron chi connectivity index (χ3n) is 5.31. The van der Waals surface area contributed by atoms with Crippen LogP contribution in [0.4, 0.5) is 5.69 Å². The van der Waals surface area contributed by atoms with Crippen LogP contribution in [0.5, 0.6) is 0 Å². The van der Waals surface area contributed by atoms with Gasteiger partial charge in [-0.05, 0) is 55.7 Å². The molecule has 0 spiro atoms. The Balaban J connectivity index is 0.00000144. The van der Waals surface area contributed by atoms with Crippen molar-refractivity contribution in [3.05, 3.63) is 28.8 Å². The average Bonchev–Trinajstić information content (AvgIpc) is 3.03. The van der Waals surface area contributed by atoms with E-state index in [0.717, 1.165) is 29.2 Å². The van der Waals surface area contributed by atoms with Crippen molar-refractivity contribution >= 4 is 35.6 Å². The second-order valence-corrected chi connectivity index (χ2v) is 7.12. The summed E-state index contributed by atoms with van der Waals surface area (Å²) in [6.07, 6.45) is 6.49. The zero-order chi connectivity index (χ0) is 14.4. The van der Waals surface area contributed by atoms with Crippen LogP contribution < -0.4 is 10.2 Å². The van der Waals surface area contributed by atoms with Gasteiger partial charge in [-0.1, -0.05) is 17.7 Å². The molecule has 5 heteroatoms. The Bertz CT molecular complexity index is 566. The van der Waals surface area contributed by atoms with Crippen molar-refractivity contribution in [3.63, 3.8) is 0 Å². The summed E-state index contributed by atoms with van der Waals surface area (Å²) in [7, 11) is 0. The van der Waals surface area contributed by atoms with Crippen LogP contribution >= 0.6 is 24.0 Å². The number of piperidine rings is 1. The van der Waals surface area contributed by atoms with E-state index < -0.39 is 0 Å². The van der Waals surface area contributed by atoms with Crippen LogP contribution in [0.2, 0.25) is 5.02 Å². The number of benzene rings is 1. The van der Waals surface area contributed by atoms with Crippen molar-refractivity contribution < 1.29 is 4.79 Å². The molecule has 1 amide bonds.